The van der Waals surface area contributed by atoms with Gasteiger partial charge in [0, 0.05) is 23.6 Å². The largest absolute Gasteiger partial charge is 0.489 e. The Morgan fingerprint density at radius 3 is 2.44 bits per heavy atom. The maximum absolute atomic E-state index is 12.8. The summed E-state index contributed by atoms with van der Waals surface area (Å²) >= 11 is 6.54. The summed E-state index contributed by atoms with van der Waals surface area (Å²) in [7, 11) is 0. The minimum atomic E-state index is -0.459. The van der Waals surface area contributed by atoms with Crippen LogP contribution in [0.5, 0.6) is 5.75 Å². The van der Waals surface area contributed by atoms with Crippen LogP contribution in [0.15, 0.2) is 48.5 Å². The van der Waals surface area contributed by atoms with Gasteiger partial charge in [-0.3, -0.25) is 4.79 Å². The van der Waals surface area contributed by atoms with Gasteiger partial charge in [-0.25, -0.2) is 9.36 Å². The highest BCUT2D eigenvalue weighted by molar-refractivity contribution is 6.35. The van der Waals surface area contributed by atoms with Crippen LogP contribution in [-0.4, -0.2) is 29.8 Å². The van der Waals surface area contributed by atoms with Gasteiger partial charge < -0.3 is 14.2 Å². The van der Waals surface area contributed by atoms with Crippen molar-refractivity contribution in [1.82, 2.24) is 4.57 Å². The number of benzene rings is 2. The number of fused-ring (bicyclic) bond motifs is 1. The van der Waals surface area contributed by atoms with Gasteiger partial charge >= 0.3 is 12.1 Å². The smallest absolute Gasteiger partial charge is 0.418 e. The maximum Gasteiger partial charge on any atom is 0.418 e. The summed E-state index contributed by atoms with van der Waals surface area (Å²) in [5.41, 5.74) is 2.45. The molecule has 0 saturated carbocycles. The molecule has 0 unspecified atom stereocenters. The van der Waals surface area contributed by atoms with Crippen LogP contribution in [0.2, 0.25) is 5.02 Å². The molecule has 0 atom stereocenters. The molecule has 7 heteroatoms. The second-order valence-corrected chi connectivity index (χ2v) is 7.70. The van der Waals surface area contributed by atoms with E-state index in [1.165, 1.54) is 0 Å². The topological polar surface area (TPSA) is 66.8 Å². The molecule has 0 amide bonds. The molecular weight excluding hydrogens is 430 g/mol. The van der Waals surface area contributed by atoms with Crippen molar-refractivity contribution in [3.8, 4) is 5.75 Å². The number of rotatable bonds is 10. The fraction of sp³-hybridized carbons (Fsp3) is 0.360. The Balaban J connectivity index is 1.83. The number of carbonyl (C=O) groups excluding carboxylic acids is 2. The summed E-state index contributed by atoms with van der Waals surface area (Å²) < 4.78 is 17.7. The third-order valence-corrected chi connectivity index (χ3v) is 5.30. The van der Waals surface area contributed by atoms with Crippen molar-refractivity contribution in [1.29, 1.82) is 0 Å². The van der Waals surface area contributed by atoms with E-state index in [2.05, 4.69) is 0 Å². The average molecular weight is 458 g/mol. The first kappa shape index (κ1) is 23.7. The van der Waals surface area contributed by atoms with Gasteiger partial charge in [0.05, 0.1) is 23.8 Å². The van der Waals surface area contributed by atoms with E-state index in [-0.39, 0.29) is 12.6 Å². The van der Waals surface area contributed by atoms with Gasteiger partial charge in [-0.1, -0.05) is 41.9 Å². The predicted octanol–water partition coefficient (Wildman–Crippen LogP) is 6.15. The van der Waals surface area contributed by atoms with Crippen LogP contribution in [0.1, 0.15) is 44.4 Å². The number of hydrogen-bond acceptors (Lipinski definition) is 5. The van der Waals surface area contributed by atoms with Crippen LogP contribution in [0.3, 0.4) is 0 Å². The molecule has 32 heavy (non-hydrogen) atoms. The third kappa shape index (κ3) is 6.04. The zero-order valence-electron chi connectivity index (χ0n) is 18.4. The normalized spacial score (nSPS) is 10.8. The zero-order chi connectivity index (χ0) is 22.9. The number of esters is 1. The van der Waals surface area contributed by atoms with Crippen LogP contribution >= 0.6 is 11.6 Å². The molecule has 6 nitrogen and oxygen atoms in total. The van der Waals surface area contributed by atoms with E-state index < -0.39 is 6.09 Å². The van der Waals surface area contributed by atoms with Crippen molar-refractivity contribution >= 4 is 34.6 Å². The molecule has 1 aromatic heterocycles. The van der Waals surface area contributed by atoms with E-state index in [1.54, 1.807) is 24.5 Å². The summed E-state index contributed by atoms with van der Waals surface area (Å²) in [6, 6.07) is 15.3. The van der Waals surface area contributed by atoms with Crippen molar-refractivity contribution in [2.45, 2.75) is 46.1 Å². The van der Waals surface area contributed by atoms with Gasteiger partial charge in [-0.15, -0.1) is 0 Å². The molecule has 2 aromatic carbocycles. The molecule has 170 valence electrons. The van der Waals surface area contributed by atoms with Gasteiger partial charge in [-0.05, 0) is 50.8 Å². The highest BCUT2D eigenvalue weighted by Gasteiger charge is 2.19. The molecule has 1 heterocycles. The molecule has 0 saturated heterocycles. The Morgan fingerprint density at radius 1 is 0.969 bits per heavy atom. The Morgan fingerprint density at radius 2 is 1.72 bits per heavy atom. The molecule has 0 bridgehead atoms. The lowest BCUT2D eigenvalue weighted by atomic mass is 10.1. The Hall–Kier alpha value is -2.99. The zero-order valence-corrected chi connectivity index (χ0v) is 19.2. The summed E-state index contributed by atoms with van der Waals surface area (Å²) in [6.07, 6.45) is 1.89. The standard InChI is InChI=1S/C25H28ClNO5/c1-3-30-24(28)13-9-8-12-19-14-21-22(26)15-20(32-17-18-10-6-5-7-11-18)16-23(21)27(19)25(29)31-4-2/h5-7,10-11,14-16H,3-4,8-9,12-13,17H2,1-2H3. The molecule has 0 N–H and O–H groups in total. The average Bonchev–Trinajstić information content (AvgIpc) is 3.15. The summed E-state index contributed by atoms with van der Waals surface area (Å²) in [4.78, 5) is 24.3. The van der Waals surface area contributed by atoms with Crippen LogP contribution in [0.25, 0.3) is 10.9 Å². The van der Waals surface area contributed by atoms with Crippen LogP contribution in [-0.2, 0) is 27.3 Å². The molecule has 3 aromatic rings. The lowest BCUT2D eigenvalue weighted by Gasteiger charge is -2.11. The lowest BCUT2D eigenvalue weighted by molar-refractivity contribution is -0.143. The number of aryl methyl sites for hydroxylation is 1. The second kappa shape index (κ2) is 11.6. The Labute approximate surface area is 193 Å². The first-order valence-corrected chi connectivity index (χ1v) is 11.2. The van der Waals surface area contributed by atoms with Gasteiger partial charge in [0.25, 0.3) is 0 Å². The highest BCUT2D eigenvalue weighted by Crippen LogP contribution is 2.33. The fourth-order valence-corrected chi connectivity index (χ4v) is 3.77. The van der Waals surface area contributed by atoms with Crippen LogP contribution in [0.4, 0.5) is 4.79 Å². The number of carbonyl (C=O) groups is 2. The molecule has 0 radical (unpaired) electrons. The minimum Gasteiger partial charge on any atom is -0.489 e. The van der Waals surface area contributed by atoms with E-state index in [1.807, 2.05) is 42.5 Å². The lowest BCUT2D eigenvalue weighted by Crippen LogP contribution is -2.16. The van der Waals surface area contributed by atoms with Gasteiger partial charge in [-0.2, -0.15) is 0 Å². The van der Waals surface area contributed by atoms with E-state index in [0.29, 0.717) is 48.8 Å². The molecular formula is C25H28ClNO5. The molecule has 0 aliphatic rings. The van der Waals surface area contributed by atoms with Crippen molar-refractivity contribution in [2.75, 3.05) is 13.2 Å². The fourth-order valence-electron chi connectivity index (χ4n) is 3.51. The quantitative estimate of drug-likeness (QED) is 0.269. The first-order valence-electron chi connectivity index (χ1n) is 10.9. The number of halogens is 1. The number of hydrogen-bond donors (Lipinski definition) is 0. The van der Waals surface area contributed by atoms with Gasteiger partial charge in [0.15, 0.2) is 0 Å². The van der Waals surface area contributed by atoms with Gasteiger partial charge in [0.2, 0.25) is 0 Å². The monoisotopic (exact) mass is 457 g/mol. The maximum atomic E-state index is 12.8. The summed E-state index contributed by atoms with van der Waals surface area (Å²) in [6.45, 7) is 4.59. The predicted molar refractivity (Wildman–Crippen MR) is 124 cm³/mol. The summed E-state index contributed by atoms with van der Waals surface area (Å²) in [5, 5.41) is 1.26. The van der Waals surface area contributed by atoms with Crippen molar-refractivity contribution in [3.05, 3.63) is 64.8 Å². The van der Waals surface area contributed by atoms with Crippen LogP contribution < -0.4 is 4.74 Å². The molecule has 0 fully saturated rings. The molecule has 0 aliphatic carbocycles. The third-order valence-electron chi connectivity index (χ3n) is 4.99. The number of unbranched alkanes of at least 4 members (excludes halogenated alkanes) is 1. The highest BCUT2D eigenvalue weighted by atomic mass is 35.5. The number of aromatic nitrogens is 1. The van der Waals surface area contributed by atoms with Crippen molar-refractivity contribution in [2.24, 2.45) is 0 Å². The van der Waals surface area contributed by atoms with Gasteiger partial charge in [0.1, 0.15) is 12.4 Å². The Bertz CT molecular complexity index is 1060. The van der Waals surface area contributed by atoms with Crippen molar-refractivity contribution < 1.29 is 23.8 Å². The van der Waals surface area contributed by atoms with E-state index >= 15 is 0 Å². The molecule has 0 aliphatic heterocycles. The number of nitrogens with zero attached hydrogens (tertiary/aromatic N) is 1. The minimum absolute atomic E-state index is 0.207. The summed E-state index contributed by atoms with van der Waals surface area (Å²) in [5.74, 6) is 0.366. The molecule has 3 rings (SSSR count). The van der Waals surface area contributed by atoms with Crippen LogP contribution in [0, 0.1) is 0 Å². The number of ether oxygens (including phenoxy) is 3. The van der Waals surface area contributed by atoms with Crippen molar-refractivity contribution in [3.63, 3.8) is 0 Å². The first-order chi connectivity index (χ1) is 15.5. The van der Waals surface area contributed by atoms with E-state index in [0.717, 1.165) is 23.1 Å². The second-order valence-electron chi connectivity index (χ2n) is 7.29. The SMILES string of the molecule is CCOC(=O)CCCCc1cc2c(Cl)cc(OCc3ccccc3)cc2n1C(=O)OCC. The van der Waals surface area contributed by atoms with E-state index in [9.17, 15) is 9.59 Å². The van der Waals surface area contributed by atoms with E-state index in [4.69, 9.17) is 25.8 Å². The Kier molecular flexibility index (Phi) is 8.56. The molecule has 0 spiro atoms.